The molecule has 1 aromatic heterocycles. The van der Waals surface area contributed by atoms with Gasteiger partial charge >= 0.3 is 5.97 Å². The van der Waals surface area contributed by atoms with Crippen molar-refractivity contribution in [3.63, 3.8) is 0 Å². The smallest absolute Gasteiger partial charge is 0.341 e. The van der Waals surface area contributed by atoms with E-state index in [4.69, 9.17) is 16.0 Å². The molecule has 1 amide bonds. The van der Waals surface area contributed by atoms with E-state index in [1.807, 2.05) is 18.2 Å². The van der Waals surface area contributed by atoms with Crippen molar-refractivity contribution in [1.82, 2.24) is 4.90 Å². The fraction of sp³-hybridized carbons (Fsp3) is 0.333. The Morgan fingerprint density at radius 3 is 2.71 bits per heavy atom. The van der Waals surface area contributed by atoms with Crippen molar-refractivity contribution in [3.8, 4) is 0 Å². The Morgan fingerprint density at radius 2 is 2.04 bits per heavy atom. The summed E-state index contributed by atoms with van der Waals surface area (Å²) < 4.78 is 10.2. The molecule has 0 unspecified atom stereocenters. The number of hydrogen-bond acceptors (Lipinski definition) is 4. The lowest BCUT2D eigenvalue weighted by Crippen LogP contribution is -2.26. The summed E-state index contributed by atoms with van der Waals surface area (Å²) in [6.07, 6.45) is 0.995. The largest absolute Gasteiger partial charge is 0.465 e. The van der Waals surface area contributed by atoms with Gasteiger partial charge in [0, 0.05) is 18.5 Å². The number of ether oxygens (including phenoxy) is 1. The molecule has 0 atom stereocenters. The zero-order valence-electron chi connectivity index (χ0n) is 14.0. The molecule has 0 fully saturated rings. The van der Waals surface area contributed by atoms with Crippen LogP contribution >= 0.6 is 11.6 Å². The third-order valence-electron chi connectivity index (χ3n) is 3.71. The summed E-state index contributed by atoms with van der Waals surface area (Å²) in [6, 6.07) is 9.08. The Hall–Kier alpha value is -2.27. The van der Waals surface area contributed by atoms with Crippen LogP contribution in [0.3, 0.4) is 0 Å². The number of carbonyl (C=O) groups is 2. The first-order valence-electron chi connectivity index (χ1n) is 7.56. The molecule has 0 aliphatic heterocycles. The second kappa shape index (κ2) is 8.02. The molecular formula is C18H20ClNO4. The van der Waals surface area contributed by atoms with Crippen LogP contribution in [0.5, 0.6) is 0 Å². The Labute approximate surface area is 146 Å². The fourth-order valence-electron chi connectivity index (χ4n) is 2.39. The highest BCUT2D eigenvalue weighted by molar-refractivity contribution is 6.30. The van der Waals surface area contributed by atoms with E-state index in [-0.39, 0.29) is 5.91 Å². The number of hydrogen-bond donors (Lipinski definition) is 0. The molecule has 0 saturated heterocycles. The SMILES string of the molecule is COC(=O)c1cc(CN(C)C(=O)CCc2cccc(Cl)c2)oc1C. The molecule has 24 heavy (non-hydrogen) atoms. The van der Waals surface area contributed by atoms with Crippen LogP contribution in [0.1, 0.15) is 33.9 Å². The Balaban J connectivity index is 1.93. The second-order valence-corrected chi connectivity index (χ2v) is 5.99. The Bertz CT molecular complexity index is 738. The third kappa shape index (κ3) is 4.61. The van der Waals surface area contributed by atoms with Crippen LogP contribution in [0.4, 0.5) is 0 Å². The molecule has 6 heteroatoms. The van der Waals surface area contributed by atoms with E-state index in [2.05, 4.69) is 4.74 Å². The number of esters is 1. The normalized spacial score (nSPS) is 10.5. The summed E-state index contributed by atoms with van der Waals surface area (Å²) in [5.41, 5.74) is 1.40. The minimum Gasteiger partial charge on any atom is -0.465 e. The highest BCUT2D eigenvalue weighted by atomic mass is 35.5. The average molecular weight is 350 g/mol. The van der Waals surface area contributed by atoms with Crippen LogP contribution in [0.25, 0.3) is 0 Å². The van der Waals surface area contributed by atoms with Gasteiger partial charge < -0.3 is 14.1 Å². The van der Waals surface area contributed by atoms with E-state index in [1.165, 1.54) is 7.11 Å². The van der Waals surface area contributed by atoms with E-state index < -0.39 is 5.97 Å². The highest BCUT2D eigenvalue weighted by Gasteiger charge is 2.17. The van der Waals surface area contributed by atoms with Gasteiger partial charge in [0.25, 0.3) is 0 Å². The van der Waals surface area contributed by atoms with E-state index in [9.17, 15) is 9.59 Å². The molecule has 0 bridgehead atoms. The van der Waals surface area contributed by atoms with Crippen molar-refractivity contribution >= 4 is 23.5 Å². The third-order valence-corrected chi connectivity index (χ3v) is 3.94. The fourth-order valence-corrected chi connectivity index (χ4v) is 2.60. The number of rotatable bonds is 6. The molecule has 0 aliphatic rings. The first-order valence-corrected chi connectivity index (χ1v) is 7.94. The van der Waals surface area contributed by atoms with E-state index in [0.29, 0.717) is 41.5 Å². The first-order chi connectivity index (χ1) is 11.4. The maximum Gasteiger partial charge on any atom is 0.341 e. The van der Waals surface area contributed by atoms with Crippen LogP contribution in [-0.4, -0.2) is 30.9 Å². The first kappa shape index (κ1) is 18.1. The lowest BCUT2D eigenvalue weighted by Gasteiger charge is -2.15. The molecular weight excluding hydrogens is 330 g/mol. The molecule has 0 N–H and O–H groups in total. The molecule has 2 aromatic rings. The molecule has 0 radical (unpaired) electrons. The molecule has 128 valence electrons. The number of halogens is 1. The summed E-state index contributed by atoms with van der Waals surface area (Å²) in [5, 5.41) is 0.662. The minimum absolute atomic E-state index is 0.0105. The van der Waals surface area contributed by atoms with Gasteiger partial charge in [-0.1, -0.05) is 23.7 Å². The molecule has 0 aliphatic carbocycles. The molecule has 2 rings (SSSR count). The van der Waals surface area contributed by atoms with Gasteiger partial charge in [-0.05, 0) is 37.1 Å². The van der Waals surface area contributed by atoms with Crippen LogP contribution in [0, 0.1) is 6.92 Å². The van der Waals surface area contributed by atoms with Crippen molar-refractivity contribution in [1.29, 1.82) is 0 Å². The van der Waals surface area contributed by atoms with Crippen molar-refractivity contribution in [2.45, 2.75) is 26.3 Å². The summed E-state index contributed by atoms with van der Waals surface area (Å²) >= 11 is 5.94. The van der Waals surface area contributed by atoms with Crippen molar-refractivity contribution in [2.75, 3.05) is 14.2 Å². The summed E-state index contributed by atoms with van der Waals surface area (Å²) in [5.74, 6) is 0.573. The Kier molecular flexibility index (Phi) is 6.04. The topological polar surface area (TPSA) is 59.8 Å². The van der Waals surface area contributed by atoms with Crippen LogP contribution < -0.4 is 0 Å². The van der Waals surface area contributed by atoms with Gasteiger partial charge in [0.05, 0.1) is 13.7 Å². The van der Waals surface area contributed by atoms with Gasteiger partial charge in [-0.25, -0.2) is 4.79 Å². The maximum absolute atomic E-state index is 12.2. The lowest BCUT2D eigenvalue weighted by atomic mass is 10.1. The molecule has 1 heterocycles. The molecule has 5 nitrogen and oxygen atoms in total. The van der Waals surface area contributed by atoms with Crippen LogP contribution in [-0.2, 0) is 22.5 Å². The number of furan rings is 1. The van der Waals surface area contributed by atoms with Crippen LogP contribution in [0.15, 0.2) is 34.7 Å². The summed E-state index contributed by atoms with van der Waals surface area (Å²) in [7, 11) is 3.02. The average Bonchev–Trinajstić information content (AvgIpc) is 2.92. The number of benzene rings is 1. The number of nitrogens with zero attached hydrogens (tertiary/aromatic N) is 1. The highest BCUT2D eigenvalue weighted by Crippen LogP contribution is 2.18. The van der Waals surface area contributed by atoms with Gasteiger partial charge in [-0.15, -0.1) is 0 Å². The second-order valence-electron chi connectivity index (χ2n) is 5.55. The predicted octanol–water partition coefficient (Wildman–Crippen LogP) is 3.62. The minimum atomic E-state index is -0.447. The Morgan fingerprint density at radius 1 is 1.29 bits per heavy atom. The van der Waals surface area contributed by atoms with Gasteiger partial charge in [0.2, 0.25) is 5.91 Å². The zero-order chi connectivity index (χ0) is 17.7. The lowest BCUT2D eigenvalue weighted by molar-refractivity contribution is -0.130. The number of carbonyl (C=O) groups excluding carboxylic acids is 2. The zero-order valence-corrected chi connectivity index (χ0v) is 14.7. The summed E-state index contributed by atoms with van der Waals surface area (Å²) in [4.78, 5) is 25.4. The van der Waals surface area contributed by atoms with Gasteiger partial charge in [-0.2, -0.15) is 0 Å². The molecule has 0 spiro atoms. The molecule has 1 aromatic carbocycles. The van der Waals surface area contributed by atoms with Gasteiger partial charge in [0.15, 0.2) is 0 Å². The van der Waals surface area contributed by atoms with E-state index in [0.717, 1.165) is 5.56 Å². The number of amides is 1. The van der Waals surface area contributed by atoms with Crippen molar-refractivity contribution < 1.29 is 18.7 Å². The summed E-state index contributed by atoms with van der Waals surface area (Å²) in [6.45, 7) is 1.99. The number of aryl methyl sites for hydroxylation is 2. The monoisotopic (exact) mass is 349 g/mol. The van der Waals surface area contributed by atoms with Crippen molar-refractivity contribution in [2.24, 2.45) is 0 Å². The quantitative estimate of drug-likeness (QED) is 0.747. The van der Waals surface area contributed by atoms with Gasteiger partial charge in [0.1, 0.15) is 17.1 Å². The van der Waals surface area contributed by atoms with Gasteiger partial charge in [-0.3, -0.25) is 4.79 Å². The van der Waals surface area contributed by atoms with E-state index in [1.54, 1.807) is 31.0 Å². The predicted molar refractivity (Wildman–Crippen MR) is 91.0 cm³/mol. The number of methoxy groups -OCH3 is 1. The standard InChI is InChI=1S/C18H20ClNO4/c1-12-16(18(22)23-3)10-15(24-12)11-20(2)17(21)8-7-13-5-4-6-14(19)9-13/h4-6,9-10H,7-8,11H2,1-3H3. The van der Waals surface area contributed by atoms with Crippen molar-refractivity contribution in [3.05, 3.63) is 58.0 Å². The van der Waals surface area contributed by atoms with Crippen LogP contribution in [0.2, 0.25) is 5.02 Å². The maximum atomic E-state index is 12.2. The molecule has 0 saturated carbocycles. The van der Waals surface area contributed by atoms with E-state index >= 15 is 0 Å².